The molecule has 0 fully saturated rings. The van der Waals surface area contributed by atoms with Crippen molar-refractivity contribution in [2.75, 3.05) is 0 Å². The number of carbonyl (C=O) groups is 1. The fourth-order valence-corrected chi connectivity index (χ4v) is 1.96. The zero-order valence-corrected chi connectivity index (χ0v) is 9.37. The van der Waals surface area contributed by atoms with Gasteiger partial charge in [0.15, 0.2) is 0 Å². The van der Waals surface area contributed by atoms with E-state index < -0.39 is 0 Å². The predicted molar refractivity (Wildman–Crippen MR) is 59.7 cm³/mol. The Labute approximate surface area is 86.1 Å². The van der Waals surface area contributed by atoms with E-state index in [1.54, 1.807) is 0 Å². The molecule has 1 aromatic rings. The molecule has 1 nitrogen and oxygen atoms in total. The van der Waals surface area contributed by atoms with Crippen molar-refractivity contribution in [2.45, 2.75) is 39.5 Å². The van der Waals surface area contributed by atoms with Gasteiger partial charge in [0, 0.05) is 5.92 Å². The van der Waals surface area contributed by atoms with E-state index in [0.29, 0.717) is 5.92 Å². The van der Waals surface area contributed by atoms with Crippen LogP contribution in [-0.2, 0) is 4.79 Å². The molecule has 0 spiro atoms. The SMILES string of the molecule is Cc1cccc(C(C)C=O)c1C(C)C. The Bertz CT molecular complexity index is 326. The van der Waals surface area contributed by atoms with Crippen molar-refractivity contribution in [1.29, 1.82) is 0 Å². The summed E-state index contributed by atoms with van der Waals surface area (Å²) in [6.07, 6.45) is 1.01. The number of rotatable bonds is 3. The second-order valence-corrected chi connectivity index (χ2v) is 4.16. The molecule has 0 aromatic heterocycles. The first-order valence-electron chi connectivity index (χ1n) is 5.12. The summed E-state index contributed by atoms with van der Waals surface area (Å²) in [6, 6.07) is 6.19. The van der Waals surface area contributed by atoms with Gasteiger partial charge in [-0.25, -0.2) is 0 Å². The summed E-state index contributed by atoms with van der Waals surface area (Å²) in [5.74, 6) is 0.487. The van der Waals surface area contributed by atoms with Crippen molar-refractivity contribution in [3.63, 3.8) is 0 Å². The molecular formula is C13H18O. The highest BCUT2D eigenvalue weighted by Crippen LogP contribution is 2.27. The number of aryl methyl sites for hydroxylation is 1. The van der Waals surface area contributed by atoms with Crippen molar-refractivity contribution in [1.82, 2.24) is 0 Å². The molecule has 14 heavy (non-hydrogen) atoms. The van der Waals surface area contributed by atoms with E-state index in [1.165, 1.54) is 16.7 Å². The van der Waals surface area contributed by atoms with Gasteiger partial charge in [-0.15, -0.1) is 0 Å². The van der Waals surface area contributed by atoms with Crippen LogP contribution in [0.15, 0.2) is 18.2 Å². The first kappa shape index (κ1) is 11.0. The van der Waals surface area contributed by atoms with E-state index in [9.17, 15) is 4.79 Å². The quantitative estimate of drug-likeness (QED) is 0.667. The number of carbonyl (C=O) groups excluding carboxylic acids is 1. The number of benzene rings is 1. The Hall–Kier alpha value is -1.11. The molecule has 0 aliphatic rings. The molecule has 0 heterocycles. The van der Waals surface area contributed by atoms with Crippen LogP contribution in [0.1, 0.15) is 49.3 Å². The third kappa shape index (κ3) is 2.03. The minimum Gasteiger partial charge on any atom is -0.303 e. The molecule has 0 aliphatic carbocycles. The lowest BCUT2D eigenvalue weighted by atomic mass is 9.87. The van der Waals surface area contributed by atoms with Gasteiger partial charge >= 0.3 is 0 Å². The molecule has 1 atom stereocenters. The Morgan fingerprint density at radius 1 is 1.21 bits per heavy atom. The van der Waals surface area contributed by atoms with Crippen molar-refractivity contribution in [3.05, 3.63) is 34.9 Å². The molecule has 0 bridgehead atoms. The van der Waals surface area contributed by atoms with Gasteiger partial charge in [0.25, 0.3) is 0 Å². The average Bonchev–Trinajstić information content (AvgIpc) is 2.15. The first-order chi connectivity index (χ1) is 6.57. The molecule has 0 N–H and O–H groups in total. The van der Waals surface area contributed by atoms with Gasteiger partial charge in [-0.1, -0.05) is 39.0 Å². The fourth-order valence-electron chi connectivity index (χ4n) is 1.96. The molecule has 0 radical (unpaired) electrons. The summed E-state index contributed by atoms with van der Waals surface area (Å²) in [4.78, 5) is 10.8. The van der Waals surface area contributed by atoms with Crippen molar-refractivity contribution >= 4 is 6.29 Å². The number of hydrogen-bond donors (Lipinski definition) is 0. The molecule has 1 rings (SSSR count). The zero-order valence-electron chi connectivity index (χ0n) is 9.37. The lowest BCUT2D eigenvalue weighted by Crippen LogP contribution is -2.04. The minimum absolute atomic E-state index is 0.00676. The van der Waals surface area contributed by atoms with Gasteiger partial charge in [0.05, 0.1) is 0 Å². The van der Waals surface area contributed by atoms with Crippen molar-refractivity contribution in [3.8, 4) is 0 Å². The highest BCUT2D eigenvalue weighted by Gasteiger charge is 2.13. The molecule has 0 saturated heterocycles. The van der Waals surface area contributed by atoms with Crippen LogP contribution in [0.5, 0.6) is 0 Å². The molecule has 76 valence electrons. The Morgan fingerprint density at radius 3 is 2.36 bits per heavy atom. The maximum absolute atomic E-state index is 10.8. The van der Waals surface area contributed by atoms with Crippen LogP contribution in [0, 0.1) is 6.92 Å². The highest BCUT2D eigenvalue weighted by atomic mass is 16.1. The summed E-state index contributed by atoms with van der Waals surface area (Å²) in [6.45, 7) is 8.40. The van der Waals surface area contributed by atoms with E-state index in [-0.39, 0.29) is 5.92 Å². The fraction of sp³-hybridized carbons (Fsp3) is 0.462. The molecular weight excluding hydrogens is 172 g/mol. The average molecular weight is 190 g/mol. The van der Waals surface area contributed by atoms with Crippen LogP contribution in [0.4, 0.5) is 0 Å². The van der Waals surface area contributed by atoms with Crippen LogP contribution in [-0.4, -0.2) is 6.29 Å². The van der Waals surface area contributed by atoms with E-state index in [1.807, 2.05) is 13.0 Å². The lowest BCUT2D eigenvalue weighted by molar-refractivity contribution is -0.108. The monoisotopic (exact) mass is 190 g/mol. The van der Waals surface area contributed by atoms with Crippen LogP contribution in [0.2, 0.25) is 0 Å². The van der Waals surface area contributed by atoms with E-state index in [0.717, 1.165) is 6.29 Å². The molecule has 1 unspecified atom stereocenters. The smallest absolute Gasteiger partial charge is 0.127 e. The maximum atomic E-state index is 10.8. The topological polar surface area (TPSA) is 17.1 Å². The molecule has 0 aliphatic heterocycles. The maximum Gasteiger partial charge on any atom is 0.127 e. The molecule has 1 heteroatoms. The molecule has 1 aromatic carbocycles. The minimum atomic E-state index is 0.00676. The van der Waals surface area contributed by atoms with Crippen LogP contribution >= 0.6 is 0 Å². The Balaban J connectivity index is 3.27. The third-order valence-electron chi connectivity index (χ3n) is 2.63. The Kier molecular flexibility index (Phi) is 3.45. The second-order valence-electron chi connectivity index (χ2n) is 4.16. The van der Waals surface area contributed by atoms with Crippen LogP contribution in [0.3, 0.4) is 0 Å². The van der Waals surface area contributed by atoms with E-state index in [2.05, 4.69) is 32.9 Å². The number of hydrogen-bond acceptors (Lipinski definition) is 1. The summed E-state index contributed by atoms with van der Waals surface area (Å²) in [5.41, 5.74) is 3.79. The van der Waals surface area contributed by atoms with Crippen molar-refractivity contribution in [2.24, 2.45) is 0 Å². The lowest BCUT2D eigenvalue weighted by Gasteiger charge is -2.17. The van der Waals surface area contributed by atoms with Gasteiger partial charge in [0.1, 0.15) is 6.29 Å². The Morgan fingerprint density at radius 2 is 1.86 bits per heavy atom. The first-order valence-corrected chi connectivity index (χ1v) is 5.12. The largest absolute Gasteiger partial charge is 0.303 e. The van der Waals surface area contributed by atoms with Crippen molar-refractivity contribution < 1.29 is 4.79 Å². The van der Waals surface area contributed by atoms with Gasteiger partial charge < -0.3 is 4.79 Å². The predicted octanol–water partition coefficient (Wildman–Crippen LogP) is 3.42. The van der Waals surface area contributed by atoms with Gasteiger partial charge in [-0.2, -0.15) is 0 Å². The standard InChI is InChI=1S/C13H18O/c1-9(2)13-10(3)6-5-7-12(13)11(4)8-14/h5-9,11H,1-4H3. The summed E-state index contributed by atoms with van der Waals surface area (Å²) in [7, 11) is 0. The van der Waals surface area contributed by atoms with E-state index >= 15 is 0 Å². The highest BCUT2D eigenvalue weighted by molar-refractivity contribution is 5.63. The summed E-state index contributed by atoms with van der Waals surface area (Å²) >= 11 is 0. The van der Waals surface area contributed by atoms with Gasteiger partial charge in [0.2, 0.25) is 0 Å². The molecule has 0 saturated carbocycles. The van der Waals surface area contributed by atoms with Crippen LogP contribution < -0.4 is 0 Å². The third-order valence-corrected chi connectivity index (χ3v) is 2.63. The van der Waals surface area contributed by atoms with Crippen LogP contribution in [0.25, 0.3) is 0 Å². The zero-order chi connectivity index (χ0) is 10.7. The summed E-state index contributed by atoms with van der Waals surface area (Å²) in [5, 5.41) is 0. The summed E-state index contributed by atoms with van der Waals surface area (Å²) < 4.78 is 0. The normalized spacial score (nSPS) is 12.9. The van der Waals surface area contributed by atoms with E-state index in [4.69, 9.17) is 0 Å². The molecule has 0 amide bonds. The number of aldehydes is 1. The van der Waals surface area contributed by atoms with Gasteiger partial charge in [-0.3, -0.25) is 0 Å². The second kappa shape index (κ2) is 4.41. The van der Waals surface area contributed by atoms with Gasteiger partial charge in [-0.05, 0) is 29.5 Å².